The Morgan fingerprint density at radius 3 is 2.41 bits per heavy atom. The summed E-state index contributed by atoms with van der Waals surface area (Å²) in [4.78, 5) is 0. The molecule has 1 aromatic rings. The van der Waals surface area contributed by atoms with E-state index in [1.54, 1.807) is 0 Å². The second-order valence-electron chi connectivity index (χ2n) is 5.09. The molecule has 0 nitrogen and oxygen atoms in total. The van der Waals surface area contributed by atoms with E-state index in [4.69, 9.17) is 0 Å². The number of aryl methyl sites for hydroxylation is 3. The van der Waals surface area contributed by atoms with Gasteiger partial charge in [0.25, 0.3) is 0 Å². The monoisotopic (exact) mass is 230 g/mol. The predicted octanol–water partition coefficient (Wildman–Crippen LogP) is 5.19. The zero-order chi connectivity index (χ0) is 12.8. The number of benzene rings is 1. The van der Waals surface area contributed by atoms with Crippen molar-refractivity contribution in [2.24, 2.45) is 0 Å². The average Bonchev–Trinajstić information content (AvgIpc) is 2.29. The van der Waals surface area contributed by atoms with Crippen molar-refractivity contribution in [2.45, 2.75) is 59.8 Å². The molecule has 0 N–H and O–H groups in total. The van der Waals surface area contributed by atoms with Crippen molar-refractivity contribution < 1.29 is 0 Å². The van der Waals surface area contributed by atoms with Crippen LogP contribution in [0.25, 0.3) is 0 Å². The summed E-state index contributed by atoms with van der Waals surface area (Å²) in [5, 5.41) is 0. The van der Waals surface area contributed by atoms with Crippen LogP contribution in [0.5, 0.6) is 0 Å². The molecule has 94 valence electrons. The van der Waals surface area contributed by atoms with Gasteiger partial charge in [0.1, 0.15) is 0 Å². The highest BCUT2D eigenvalue weighted by Gasteiger charge is 2.08. The van der Waals surface area contributed by atoms with Crippen molar-refractivity contribution in [1.29, 1.82) is 0 Å². The van der Waals surface area contributed by atoms with Crippen molar-refractivity contribution in [3.8, 4) is 0 Å². The number of hydrogen-bond acceptors (Lipinski definition) is 0. The van der Waals surface area contributed by atoms with Crippen LogP contribution in [0.15, 0.2) is 24.3 Å². The Bertz CT molecular complexity index is 383. The van der Waals surface area contributed by atoms with E-state index in [1.165, 1.54) is 28.7 Å². The highest BCUT2D eigenvalue weighted by Crippen LogP contribution is 2.24. The van der Waals surface area contributed by atoms with Gasteiger partial charge in [-0.2, -0.15) is 0 Å². The predicted molar refractivity (Wildman–Crippen MR) is 77.8 cm³/mol. The van der Waals surface area contributed by atoms with Gasteiger partial charge in [-0.1, -0.05) is 45.1 Å². The Morgan fingerprint density at radius 1 is 1.18 bits per heavy atom. The Balaban J connectivity index is 3.01. The molecule has 0 saturated heterocycles. The van der Waals surface area contributed by atoms with Crippen LogP contribution in [0, 0.1) is 6.92 Å². The van der Waals surface area contributed by atoms with Gasteiger partial charge < -0.3 is 0 Å². The molecular weight excluding hydrogens is 204 g/mol. The number of allylic oxidation sites excluding steroid dienone is 2. The SMILES string of the molecule is C/C=C\CCc1cc(C)c(C(C)C)cc1CC. The molecule has 0 aliphatic carbocycles. The molecular formula is C17H26. The lowest BCUT2D eigenvalue weighted by Gasteiger charge is -2.15. The maximum atomic E-state index is 2.42. The van der Waals surface area contributed by atoms with E-state index >= 15 is 0 Å². The number of rotatable bonds is 5. The van der Waals surface area contributed by atoms with Gasteiger partial charge in [0, 0.05) is 0 Å². The third-order valence-corrected chi connectivity index (χ3v) is 3.41. The van der Waals surface area contributed by atoms with Crippen molar-refractivity contribution in [3.05, 3.63) is 46.5 Å². The van der Waals surface area contributed by atoms with E-state index < -0.39 is 0 Å². The van der Waals surface area contributed by atoms with E-state index in [0.29, 0.717) is 5.92 Å². The van der Waals surface area contributed by atoms with Crippen molar-refractivity contribution in [1.82, 2.24) is 0 Å². The zero-order valence-electron chi connectivity index (χ0n) is 12.0. The molecule has 0 radical (unpaired) electrons. The zero-order valence-corrected chi connectivity index (χ0v) is 12.0. The molecule has 0 aromatic heterocycles. The first-order chi connectivity index (χ1) is 8.10. The van der Waals surface area contributed by atoms with Gasteiger partial charge in [-0.15, -0.1) is 0 Å². The smallest absolute Gasteiger partial charge is 0.0216 e. The number of hydrogen-bond donors (Lipinski definition) is 0. The van der Waals surface area contributed by atoms with Gasteiger partial charge in [-0.3, -0.25) is 0 Å². The molecule has 0 saturated carbocycles. The van der Waals surface area contributed by atoms with Crippen LogP contribution < -0.4 is 0 Å². The molecule has 0 bridgehead atoms. The van der Waals surface area contributed by atoms with Gasteiger partial charge in [0.05, 0.1) is 0 Å². The minimum atomic E-state index is 0.630. The van der Waals surface area contributed by atoms with Crippen LogP contribution in [0.4, 0.5) is 0 Å². The molecule has 0 unspecified atom stereocenters. The van der Waals surface area contributed by atoms with E-state index in [1.807, 2.05) is 0 Å². The van der Waals surface area contributed by atoms with Crippen LogP contribution in [0.1, 0.15) is 62.3 Å². The van der Waals surface area contributed by atoms with E-state index in [0.717, 1.165) is 12.8 Å². The first-order valence-electron chi connectivity index (χ1n) is 6.83. The molecule has 0 spiro atoms. The van der Waals surface area contributed by atoms with E-state index in [-0.39, 0.29) is 0 Å². The van der Waals surface area contributed by atoms with Crippen LogP contribution in [-0.2, 0) is 12.8 Å². The molecule has 17 heavy (non-hydrogen) atoms. The molecule has 1 rings (SSSR count). The van der Waals surface area contributed by atoms with Gasteiger partial charge in [0.2, 0.25) is 0 Å². The summed E-state index contributed by atoms with van der Waals surface area (Å²) in [5.74, 6) is 0.630. The van der Waals surface area contributed by atoms with Crippen LogP contribution in [0.2, 0.25) is 0 Å². The van der Waals surface area contributed by atoms with Crippen molar-refractivity contribution in [2.75, 3.05) is 0 Å². The average molecular weight is 230 g/mol. The summed E-state index contributed by atoms with van der Waals surface area (Å²) >= 11 is 0. The van der Waals surface area contributed by atoms with Crippen molar-refractivity contribution >= 4 is 0 Å². The van der Waals surface area contributed by atoms with E-state index in [9.17, 15) is 0 Å². The topological polar surface area (TPSA) is 0 Å². The Hall–Kier alpha value is -1.04. The van der Waals surface area contributed by atoms with Crippen LogP contribution in [0.3, 0.4) is 0 Å². The first-order valence-corrected chi connectivity index (χ1v) is 6.83. The summed E-state index contributed by atoms with van der Waals surface area (Å²) in [6, 6.07) is 4.82. The van der Waals surface area contributed by atoms with Crippen LogP contribution >= 0.6 is 0 Å². The maximum Gasteiger partial charge on any atom is -0.0216 e. The normalized spacial score (nSPS) is 11.6. The fourth-order valence-electron chi connectivity index (χ4n) is 2.42. The largest absolute Gasteiger partial charge is 0.0917 e. The minimum Gasteiger partial charge on any atom is -0.0917 e. The quantitative estimate of drug-likeness (QED) is 0.611. The second-order valence-corrected chi connectivity index (χ2v) is 5.09. The lowest BCUT2D eigenvalue weighted by atomic mass is 9.90. The fourth-order valence-corrected chi connectivity index (χ4v) is 2.42. The standard InChI is InChI=1S/C17H26/c1-6-8-9-10-16-11-14(5)17(13(3)4)12-15(16)7-2/h6,8,11-13H,7,9-10H2,1-5H3/b8-6-. The third-order valence-electron chi connectivity index (χ3n) is 3.41. The molecule has 0 heteroatoms. The molecule has 0 aliphatic heterocycles. The highest BCUT2D eigenvalue weighted by molar-refractivity contribution is 5.39. The van der Waals surface area contributed by atoms with Gasteiger partial charge in [-0.05, 0) is 61.3 Å². The van der Waals surface area contributed by atoms with E-state index in [2.05, 4.69) is 58.9 Å². The summed E-state index contributed by atoms with van der Waals surface area (Å²) in [6.07, 6.45) is 7.87. The van der Waals surface area contributed by atoms with Gasteiger partial charge in [0.15, 0.2) is 0 Å². The highest BCUT2D eigenvalue weighted by atomic mass is 14.1. The molecule has 0 aliphatic rings. The Labute approximate surface area is 107 Å². The summed E-state index contributed by atoms with van der Waals surface area (Å²) in [5.41, 5.74) is 6.03. The summed E-state index contributed by atoms with van der Waals surface area (Å²) in [7, 11) is 0. The Morgan fingerprint density at radius 2 is 1.88 bits per heavy atom. The second kappa shape index (κ2) is 6.64. The van der Waals surface area contributed by atoms with Gasteiger partial charge in [-0.25, -0.2) is 0 Å². The molecule has 0 heterocycles. The first kappa shape index (κ1) is 14.0. The lowest BCUT2D eigenvalue weighted by Crippen LogP contribution is -2.00. The van der Waals surface area contributed by atoms with Gasteiger partial charge >= 0.3 is 0 Å². The summed E-state index contributed by atoms with van der Waals surface area (Å²) < 4.78 is 0. The fraction of sp³-hybridized carbons (Fsp3) is 0.529. The molecule has 1 aromatic carbocycles. The third kappa shape index (κ3) is 3.73. The lowest BCUT2D eigenvalue weighted by molar-refractivity contribution is 0.844. The summed E-state index contributed by atoms with van der Waals surface area (Å²) in [6.45, 7) is 11.2. The van der Waals surface area contributed by atoms with Crippen molar-refractivity contribution in [3.63, 3.8) is 0 Å². The maximum absolute atomic E-state index is 2.42. The minimum absolute atomic E-state index is 0.630. The molecule has 0 atom stereocenters. The molecule has 0 fully saturated rings. The Kier molecular flexibility index (Phi) is 5.47. The van der Waals surface area contributed by atoms with Crippen LogP contribution in [-0.4, -0.2) is 0 Å². The molecule has 0 amide bonds.